The normalized spacial score (nSPS) is 14.5. The van der Waals surface area contributed by atoms with E-state index in [-0.39, 0.29) is 10.6 Å². The molecule has 0 aliphatic rings. The maximum absolute atomic E-state index is 12.2. The molecule has 3 N–H and O–H groups in total. The Labute approximate surface area is 127 Å². The van der Waals surface area contributed by atoms with Gasteiger partial charge >= 0.3 is 5.97 Å². The van der Waals surface area contributed by atoms with Gasteiger partial charge in [0.1, 0.15) is 10.6 Å². The molecule has 9 heteroatoms. The number of nitrogens with one attached hydrogen (secondary N) is 1. The summed E-state index contributed by atoms with van der Waals surface area (Å²) >= 11 is 5.75. The van der Waals surface area contributed by atoms with E-state index in [0.717, 1.165) is 0 Å². The fourth-order valence-corrected chi connectivity index (χ4v) is 3.05. The second-order valence-electron chi connectivity index (χ2n) is 4.69. The van der Waals surface area contributed by atoms with Gasteiger partial charge in [0, 0.05) is 17.6 Å². The standard InChI is InChI=1S/C12H16ClNO6S/c1-12(17,6-11(15)16)7-14-21(18,19)10-4-3-8(13)5-9(10)20-2/h3-5,14,17H,6-7H2,1-2H3,(H,15,16). The minimum absolute atomic E-state index is 0.0490. The van der Waals surface area contributed by atoms with E-state index >= 15 is 0 Å². The summed E-state index contributed by atoms with van der Waals surface area (Å²) in [4.78, 5) is 10.4. The monoisotopic (exact) mass is 337 g/mol. The van der Waals surface area contributed by atoms with Crippen LogP contribution in [0.15, 0.2) is 23.1 Å². The van der Waals surface area contributed by atoms with Crippen molar-refractivity contribution in [3.63, 3.8) is 0 Å². The van der Waals surface area contributed by atoms with Crippen LogP contribution in [0.1, 0.15) is 13.3 Å². The van der Waals surface area contributed by atoms with Crippen molar-refractivity contribution in [2.75, 3.05) is 13.7 Å². The molecule has 1 aromatic carbocycles. The average molecular weight is 338 g/mol. The minimum atomic E-state index is -3.98. The third-order valence-corrected chi connectivity index (χ3v) is 4.27. The Kier molecular flexibility index (Phi) is 5.57. The van der Waals surface area contributed by atoms with E-state index in [0.29, 0.717) is 5.02 Å². The van der Waals surface area contributed by atoms with E-state index in [1.165, 1.54) is 32.2 Å². The number of carbonyl (C=O) groups is 1. The third kappa shape index (κ3) is 5.16. The lowest BCUT2D eigenvalue weighted by molar-refractivity contribution is -0.141. The molecule has 7 nitrogen and oxygen atoms in total. The summed E-state index contributed by atoms with van der Waals surface area (Å²) in [5, 5.41) is 18.8. The highest BCUT2D eigenvalue weighted by Crippen LogP contribution is 2.27. The highest BCUT2D eigenvalue weighted by molar-refractivity contribution is 7.89. The molecule has 0 heterocycles. The maximum Gasteiger partial charge on any atom is 0.306 e. The fraction of sp³-hybridized carbons (Fsp3) is 0.417. The summed E-state index contributed by atoms with van der Waals surface area (Å²) < 4.78 is 31.4. The molecule has 0 spiro atoms. The van der Waals surface area contributed by atoms with Crippen molar-refractivity contribution in [2.45, 2.75) is 23.8 Å². The van der Waals surface area contributed by atoms with Crippen LogP contribution in [-0.4, -0.2) is 43.9 Å². The molecule has 0 radical (unpaired) electrons. The molecular weight excluding hydrogens is 322 g/mol. The van der Waals surface area contributed by atoms with E-state index in [1.54, 1.807) is 0 Å². The first-order valence-electron chi connectivity index (χ1n) is 5.85. The second-order valence-corrected chi connectivity index (χ2v) is 6.86. The zero-order chi connectivity index (χ0) is 16.3. The van der Waals surface area contributed by atoms with E-state index in [1.807, 2.05) is 0 Å². The second kappa shape index (κ2) is 6.61. The van der Waals surface area contributed by atoms with Crippen LogP contribution in [0.25, 0.3) is 0 Å². The lowest BCUT2D eigenvalue weighted by atomic mass is 10.0. The number of halogens is 1. The Morgan fingerprint density at radius 2 is 2.10 bits per heavy atom. The third-order valence-electron chi connectivity index (χ3n) is 2.59. The van der Waals surface area contributed by atoms with Gasteiger partial charge in [-0.2, -0.15) is 0 Å². The van der Waals surface area contributed by atoms with Gasteiger partial charge in [0.2, 0.25) is 10.0 Å². The Morgan fingerprint density at radius 3 is 2.62 bits per heavy atom. The molecule has 1 rings (SSSR count). The van der Waals surface area contributed by atoms with Gasteiger partial charge in [-0.05, 0) is 19.1 Å². The van der Waals surface area contributed by atoms with Crippen molar-refractivity contribution in [3.05, 3.63) is 23.2 Å². The molecule has 118 valence electrons. The van der Waals surface area contributed by atoms with Crippen LogP contribution in [0.3, 0.4) is 0 Å². The first-order chi connectivity index (χ1) is 9.57. The van der Waals surface area contributed by atoms with Gasteiger partial charge in [-0.25, -0.2) is 13.1 Å². The number of carboxylic acid groups (broad SMARTS) is 1. The highest BCUT2D eigenvalue weighted by Gasteiger charge is 2.28. The van der Waals surface area contributed by atoms with Gasteiger partial charge in [0.25, 0.3) is 0 Å². The minimum Gasteiger partial charge on any atom is -0.495 e. The molecule has 0 fully saturated rings. The van der Waals surface area contributed by atoms with Crippen LogP contribution in [0, 0.1) is 0 Å². The smallest absolute Gasteiger partial charge is 0.306 e. The zero-order valence-electron chi connectivity index (χ0n) is 11.5. The predicted octanol–water partition coefficient (Wildman–Crippen LogP) is 0.853. The number of hydrogen-bond donors (Lipinski definition) is 3. The first kappa shape index (κ1) is 17.7. The number of sulfonamides is 1. The van der Waals surface area contributed by atoms with Crippen molar-refractivity contribution >= 4 is 27.6 Å². The van der Waals surface area contributed by atoms with E-state index in [9.17, 15) is 18.3 Å². The van der Waals surface area contributed by atoms with E-state index < -0.39 is 34.6 Å². The number of hydrogen-bond acceptors (Lipinski definition) is 5. The summed E-state index contributed by atoms with van der Waals surface area (Å²) in [5.74, 6) is -1.18. The maximum atomic E-state index is 12.2. The predicted molar refractivity (Wildman–Crippen MR) is 76.1 cm³/mol. The Hall–Kier alpha value is -1.35. The zero-order valence-corrected chi connectivity index (χ0v) is 13.0. The van der Waals surface area contributed by atoms with Crippen LogP contribution in [-0.2, 0) is 14.8 Å². The van der Waals surface area contributed by atoms with Crippen LogP contribution < -0.4 is 9.46 Å². The lowest BCUT2D eigenvalue weighted by Crippen LogP contribution is -2.42. The van der Waals surface area contributed by atoms with Crippen LogP contribution in [0.2, 0.25) is 5.02 Å². The summed E-state index contributed by atoms with van der Waals surface area (Å²) in [6.45, 7) is 0.774. The number of rotatable bonds is 7. The topological polar surface area (TPSA) is 113 Å². The molecule has 0 bridgehead atoms. The van der Waals surface area contributed by atoms with Crippen molar-refractivity contribution in [2.24, 2.45) is 0 Å². The molecule has 0 saturated carbocycles. The molecule has 0 saturated heterocycles. The summed E-state index contributed by atoms with van der Waals surface area (Å²) in [6, 6.07) is 3.98. The molecule has 0 amide bonds. The SMILES string of the molecule is COc1cc(Cl)ccc1S(=O)(=O)NCC(C)(O)CC(=O)O. The van der Waals surface area contributed by atoms with Gasteiger partial charge in [-0.1, -0.05) is 11.6 Å². The van der Waals surface area contributed by atoms with Crippen molar-refractivity contribution in [1.82, 2.24) is 4.72 Å². The summed E-state index contributed by atoms with van der Waals surface area (Å²) in [5.41, 5.74) is -1.71. The first-order valence-corrected chi connectivity index (χ1v) is 7.71. The number of carboxylic acids is 1. The van der Waals surface area contributed by atoms with Crippen molar-refractivity contribution in [3.8, 4) is 5.75 Å². The molecule has 1 unspecified atom stereocenters. The van der Waals surface area contributed by atoms with E-state index in [4.69, 9.17) is 21.4 Å². The van der Waals surface area contributed by atoms with Gasteiger partial charge in [0.15, 0.2) is 0 Å². The Balaban J connectivity index is 2.95. The number of methoxy groups -OCH3 is 1. The quantitative estimate of drug-likeness (QED) is 0.680. The van der Waals surface area contributed by atoms with Gasteiger partial charge in [-0.3, -0.25) is 4.79 Å². The Morgan fingerprint density at radius 1 is 1.48 bits per heavy atom. The van der Waals surface area contributed by atoms with Gasteiger partial charge in [0.05, 0.1) is 19.1 Å². The fourth-order valence-electron chi connectivity index (χ4n) is 1.58. The molecule has 21 heavy (non-hydrogen) atoms. The molecular formula is C12H16ClNO6S. The van der Waals surface area contributed by atoms with Gasteiger partial charge < -0.3 is 14.9 Å². The number of benzene rings is 1. The van der Waals surface area contributed by atoms with Gasteiger partial charge in [-0.15, -0.1) is 0 Å². The number of aliphatic hydroxyl groups is 1. The Bertz CT molecular complexity index is 629. The van der Waals surface area contributed by atoms with Crippen molar-refractivity contribution < 1.29 is 28.2 Å². The summed E-state index contributed by atoms with van der Waals surface area (Å²) in [7, 11) is -2.68. The average Bonchev–Trinajstić information content (AvgIpc) is 2.34. The largest absolute Gasteiger partial charge is 0.495 e. The lowest BCUT2D eigenvalue weighted by Gasteiger charge is -2.21. The summed E-state index contributed by atoms with van der Waals surface area (Å²) in [6.07, 6.45) is -0.590. The number of aliphatic carboxylic acids is 1. The molecule has 1 aromatic rings. The van der Waals surface area contributed by atoms with Crippen molar-refractivity contribution in [1.29, 1.82) is 0 Å². The molecule has 0 aliphatic carbocycles. The molecule has 1 atom stereocenters. The highest BCUT2D eigenvalue weighted by atomic mass is 35.5. The molecule has 0 aliphatic heterocycles. The van der Waals surface area contributed by atoms with Crippen LogP contribution in [0.5, 0.6) is 5.75 Å². The van der Waals surface area contributed by atoms with Crippen LogP contribution in [0.4, 0.5) is 0 Å². The number of ether oxygens (including phenoxy) is 1. The molecule has 0 aromatic heterocycles. The van der Waals surface area contributed by atoms with Crippen LogP contribution >= 0.6 is 11.6 Å². The van der Waals surface area contributed by atoms with E-state index in [2.05, 4.69) is 4.72 Å².